The molecule has 1 atom stereocenters. The van der Waals surface area contributed by atoms with Gasteiger partial charge in [0.1, 0.15) is 5.75 Å². The first-order valence-electron chi connectivity index (χ1n) is 6.79. The Morgan fingerprint density at radius 1 is 1.42 bits per heavy atom. The van der Waals surface area contributed by atoms with Crippen LogP contribution in [0.4, 0.5) is 0 Å². The van der Waals surface area contributed by atoms with Crippen molar-refractivity contribution in [3.05, 3.63) is 30.0 Å². The Balaban J connectivity index is 2.14. The van der Waals surface area contributed by atoms with Crippen LogP contribution in [0.3, 0.4) is 0 Å². The molecule has 1 heterocycles. The van der Waals surface area contributed by atoms with Gasteiger partial charge in [-0.3, -0.25) is 4.79 Å². The number of nitrogens with zero attached hydrogens (tertiary/aromatic N) is 1. The number of hydrogen-bond acceptors (Lipinski definition) is 2. The van der Waals surface area contributed by atoms with Crippen LogP contribution in [0.15, 0.2) is 24.4 Å². The fourth-order valence-corrected chi connectivity index (χ4v) is 2.82. The lowest BCUT2D eigenvalue weighted by atomic mass is 9.94. The van der Waals surface area contributed by atoms with Crippen LogP contribution in [0.25, 0.3) is 10.9 Å². The van der Waals surface area contributed by atoms with E-state index in [1.165, 1.54) is 12.8 Å². The summed E-state index contributed by atoms with van der Waals surface area (Å²) in [7, 11) is 3.63. The maximum absolute atomic E-state index is 12.7. The average Bonchev–Trinajstić information content (AvgIpc) is 3.22. The summed E-state index contributed by atoms with van der Waals surface area (Å²) in [6.45, 7) is 2.05. The molecule has 1 aromatic carbocycles. The predicted molar refractivity (Wildman–Crippen MR) is 75.7 cm³/mol. The lowest BCUT2D eigenvalue weighted by Crippen LogP contribution is -2.13. The lowest BCUT2D eigenvalue weighted by molar-refractivity contribution is 0.0917. The van der Waals surface area contributed by atoms with Crippen molar-refractivity contribution >= 4 is 16.7 Å². The number of aryl methyl sites for hydroxylation is 1. The first-order chi connectivity index (χ1) is 9.13. The molecule has 0 radical (unpaired) electrons. The van der Waals surface area contributed by atoms with Gasteiger partial charge in [-0.25, -0.2) is 0 Å². The number of carbonyl (C=O) groups is 1. The third-order valence-electron chi connectivity index (χ3n) is 4.20. The molecule has 0 aliphatic heterocycles. The van der Waals surface area contributed by atoms with Crippen molar-refractivity contribution in [3.63, 3.8) is 0 Å². The number of benzene rings is 1. The van der Waals surface area contributed by atoms with Crippen molar-refractivity contribution in [3.8, 4) is 5.75 Å². The monoisotopic (exact) mass is 257 g/mol. The van der Waals surface area contributed by atoms with Crippen molar-refractivity contribution in [1.82, 2.24) is 4.57 Å². The van der Waals surface area contributed by atoms with Crippen molar-refractivity contribution in [2.75, 3.05) is 7.11 Å². The molecule has 1 saturated carbocycles. The summed E-state index contributed by atoms with van der Waals surface area (Å²) in [5.41, 5.74) is 1.85. The Labute approximate surface area is 113 Å². The van der Waals surface area contributed by atoms with E-state index in [-0.39, 0.29) is 11.7 Å². The molecule has 3 rings (SSSR count). The molecule has 3 heteroatoms. The van der Waals surface area contributed by atoms with Crippen LogP contribution in [0, 0.1) is 11.8 Å². The van der Waals surface area contributed by atoms with Gasteiger partial charge in [0, 0.05) is 24.7 Å². The normalized spacial score (nSPS) is 16.6. The maximum Gasteiger partial charge on any atom is 0.168 e. The highest BCUT2D eigenvalue weighted by Gasteiger charge is 2.34. The van der Waals surface area contributed by atoms with E-state index in [0.29, 0.717) is 5.92 Å². The van der Waals surface area contributed by atoms with Gasteiger partial charge in [0.2, 0.25) is 0 Å². The summed E-state index contributed by atoms with van der Waals surface area (Å²) in [4.78, 5) is 12.7. The van der Waals surface area contributed by atoms with E-state index in [2.05, 4.69) is 0 Å². The van der Waals surface area contributed by atoms with E-state index in [9.17, 15) is 4.79 Å². The second kappa shape index (κ2) is 4.41. The molecular formula is C16H19NO2. The molecule has 0 spiro atoms. The van der Waals surface area contributed by atoms with Crippen molar-refractivity contribution in [2.45, 2.75) is 19.8 Å². The van der Waals surface area contributed by atoms with Gasteiger partial charge >= 0.3 is 0 Å². The molecular weight excluding hydrogens is 238 g/mol. The van der Waals surface area contributed by atoms with Crippen molar-refractivity contribution in [1.29, 1.82) is 0 Å². The standard InChI is InChI=1S/C16H19NO2/c1-10(11-7-8-11)16(18)12-9-17(2)13-5-4-6-14(19-3)15(12)13/h4-6,9-11H,7-8H2,1-3H3. The largest absolute Gasteiger partial charge is 0.496 e. The topological polar surface area (TPSA) is 31.2 Å². The number of ketones is 1. The number of Topliss-reactive ketones (excluding diaryl/α,β-unsaturated/α-hetero) is 1. The third-order valence-corrected chi connectivity index (χ3v) is 4.20. The van der Waals surface area contributed by atoms with E-state index in [4.69, 9.17) is 4.74 Å². The minimum absolute atomic E-state index is 0.121. The second-order valence-electron chi connectivity index (χ2n) is 5.50. The van der Waals surface area contributed by atoms with E-state index in [0.717, 1.165) is 22.2 Å². The summed E-state index contributed by atoms with van der Waals surface area (Å²) < 4.78 is 7.43. The molecule has 0 amide bonds. The molecule has 0 saturated heterocycles. The smallest absolute Gasteiger partial charge is 0.168 e. The van der Waals surface area contributed by atoms with Crippen LogP contribution >= 0.6 is 0 Å². The number of carbonyl (C=O) groups excluding carboxylic acids is 1. The molecule has 3 nitrogen and oxygen atoms in total. The molecule has 1 aromatic heterocycles. The summed E-state index contributed by atoms with van der Waals surface area (Å²) in [6.07, 6.45) is 4.32. The van der Waals surface area contributed by atoms with Crippen LogP contribution in [-0.2, 0) is 7.05 Å². The van der Waals surface area contributed by atoms with Gasteiger partial charge in [-0.15, -0.1) is 0 Å². The number of fused-ring (bicyclic) bond motifs is 1. The molecule has 2 aromatic rings. The molecule has 1 unspecified atom stereocenters. The zero-order chi connectivity index (χ0) is 13.6. The quantitative estimate of drug-likeness (QED) is 0.786. The predicted octanol–water partition coefficient (Wildman–Crippen LogP) is 3.42. The molecule has 0 N–H and O–H groups in total. The Bertz CT molecular complexity index is 637. The van der Waals surface area contributed by atoms with Gasteiger partial charge in [-0.05, 0) is 30.9 Å². The number of ether oxygens (including phenoxy) is 1. The minimum atomic E-state index is 0.121. The summed E-state index contributed by atoms with van der Waals surface area (Å²) in [5, 5.41) is 0.949. The first-order valence-corrected chi connectivity index (χ1v) is 6.79. The fourth-order valence-electron chi connectivity index (χ4n) is 2.82. The number of methoxy groups -OCH3 is 1. The van der Waals surface area contributed by atoms with Gasteiger partial charge in [0.05, 0.1) is 18.0 Å². The fraction of sp³-hybridized carbons (Fsp3) is 0.438. The molecule has 1 fully saturated rings. The van der Waals surface area contributed by atoms with Gasteiger partial charge in [-0.1, -0.05) is 13.0 Å². The summed E-state index contributed by atoms with van der Waals surface area (Å²) in [5.74, 6) is 1.73. The van der Waals surface area contributed by atoms with E-state index < -0.39 is 0 Å². The first kappa shape index (κ1) is 12.3. The van der Waals surface area contributed by atoms with E-state index in [1.54, 1.807) is 7.11 Å². The third kappa shape index (κ3) is 1.93. The molecule has 1 aliphatic rings. The van der Waals surface area contributed by atoms with E-state index in [1.807, 2.05) is 42.9 Å². The highest BCUT2D eigenvalue weighted by Crippen LogP contribution is 2.40. The van der Waals surface area contributed by atoms with Crippen molar-refractivity contribution < 1.29 is 9.53 Å². The maximum atomic E-state index is 12.7. The highest BCUT2D eigenvalue weighted by atomic mass is 16.5. The number of aromatic nitrogens is 1. The Kier molecular flexibility index (Phi) is 2.85. The zero-order valence-electron chi connectivity index (χ0n) is 11.6. The lowest BCUT2D eigenvalue weighted by Gasteiger charge is -2.09. The number of rotatable bonds is 4. The van der Waals surface area contributed by atoms with Gasteiger partial charge < -0.3 is 9.30 Å². The SMILES string of the molecule is COc1cccc2c1c(C(=O)C(C)C1CC1)cn2C. The molecule has 100 valence electrons. The van der Waals surface area contributed by atoms with Crippen LogP contribution in [0.5, 0.6) is 5.75 Å². The summed E-state index contributed by atoms with van der Waals surface area (Å²) >= 11 is 0. The van der Waals surface area contributed by atoms with Crippen LogP contribution < -0.4 is 4.74 Å². The Morgan fingerprint density at radius 2 is 2.16 bits per heavy atom. The summed E-state index contributed by atoms with van der Waals surface area (Å²) in [6, 6.07) is 5.90. The van der Waals surface area contributed by atoms with Crippen LogP contribution in [-0.4, -0.2) is 17.5 Å². The van der Waals surface area contributed by atoms with Crippen molar-refractivity contribution in [2.24, 2.45) is 18.9 Å². The Morgan fingerprint density at radius 3 is 2.79 bits per heavy atom. The van der Waals surface area contributed by atoms with Gasteiger partial charge in [0.15, 0.2) is 5.78 Å². The van der Waals surface area contributed by atoms with E-state index >= 15 is 0 Å². The van der Waals surface area contributed by atoms with Crippen LogP contribution in [0.2, 0.25) is 0 Å². The second-order valence-corrected chi connectivity index (χ2v) is 5.50. The zero-order valence-corrected chi connectivity index (χ0v) is 11.6. The molecule has 1 aliphatic carbocycles. The molecule has 0 bridgehead atoms. The minimum Gasteiger partial charge on any atom is -0.496 e. The Hall–Kier alpha value is -1.77. The average molecular weight is 257 g/mol. The van der Waals surface area contributed by atoms with Gasteiger partial charge in [-0.2, -0.15) is 0 Å². The molecule has 19 heavy (non-hydrogen) atoms. The highest BCUT2D eigenvalue weighted by molar-refractivity contribution is 6.11. The van der Waals surface area contributed by atoms with Gasteiger partial charge in [0.25, 0.3) is 0 Å². The van der Waals surface area contributed by atoms with Crippen LogP contribution in [0.1, 0.15) is 30.1 Å². The number of hydrogen-bond donors (Lipinski definition) is 0.